The summed E-state index contributed by atoms with van der Waals surface area (Å²) in [7, 11) is 0. The number of carbonyl (C=O) groups excluding carboxylic acids is 2. The van der Waals surface area contributed by atoms with Gasteiger partial charge >= 0.3 is 5.97 Å². The second kappa shape index (κ2) is 10.6. The Morgan fingerprint density at radius 1 is 1.12 bits per heavy atom. The number of nitrogens with one attached hydrogen (secondary N) is 3. The number of rotatable bonds is 10. The fourth-order valence-electron chi connectivity index (χ4n) is 2.35. The van der Waals surface area contributed by atoms with Gasteiger partial charge in [0.25, 0.3) is 5.91 Å². The van der Waals surface area contributed by atoms with Crippen molar-refractivity contribution in [2.45, 2.75) is 40.2 Å². The zero-order valence-electron chi connectivity index (χ0n) is 15.8. The maximum absolute atomic E-state index is 12.3. The van der Waals surface area contributed by atoms with Gasteiger partial charge in [-0.1, -0.05) is 46.2 Å². The normalized spacial score (nSPS) is 13.1. The topological polar surface area (TPSA) is 108 Å². The lowest BCUT2D eigenvalue weighted by atomic mass is 9.99. The molecule has 0 fully saturated rings. The average molecular weight is 363 g/mol. The van der Waals surface area contributed by atoms with E-state index in [4.69, 9.17) is 0 Å². The van der Waals surface area contributed by atoms with E-state index in [-0.39, 0.29) is 18.4 Å². The van der Waals surface area contributed by atoms with Gasteiger partial charge < -0.3 is 15.7 Å². The lowest BCUT2D eigenvalue weighted by molar-refractivity contribution is -0.140. The van der Waals surface area contributed by atoms with E-state index in [1.807, 2.05) is 27.7 Å². The highest BCUT2D eigenvalue weighted by Gasteiger charge is 2.23. The maximum Gasteiger partial charge on any atom is 0.320 e. The zero-order chi connectivity index (χ0) is 19.7. The van der Waals surface area contributed by atoms with Gasteiger partial charge in [-0.15, -0.1) is 0 Å². The molecule has 0 spiro atoms. The van der Waals surface area contributed by atoms with Crippen LogP contribution in [0.25, 0.3) is 0 Å². The SMILES string of the molecule is CC[C@H](C)[C@H](NCC(=O)Nc1ccccc1C(=O)NCC(C)C)C(=O)O. The molecule has 0 unspecified atom stereocenters. The highest BCUT2D eigenvalue weighted by Crippen LogP contribution is 2.15. The Morgan fingerprint density at radius 3 is 2.35 bits per heavy atom. The van der Waals surface area contributed by atoms with E-state index in [1.54, 1.807) is 24.3 Å². The van der Waals surface area contributed by atoms with Crippen molar-refractivity contribution in [3.8, 4) is 0 Å². The molecule has 0 aliphatic carbocycles. The van der Waals surface area contributed by atoms with Crippen molar-refractivity contribution in [1.29, 1.82) is 0 Å². The zero-order valence-corrected chi connectivity index (χ0v) is 15.8. The van der Waals surface area contributed by atoms with Crippen LogP contribution in [-0.4, -0.2) is 42.0 Å². The van der Waals surface area contributed by atoms with Crippen molar-refractivity contribution in [3.63, 3.8) is 0 Å². The molecule has 4 N–H and O–H groups in total. The standard InChI is InChI=1S/C19H29N3O4/c1-5-13(4)17(19(25)26)20-11-16(23)22-15-9-7-6-8-14(15)18(24)21-10-12(2)3/h6-9,12-13,17,20H,5,10-11H2,1-4H3,(H,21,24)(H,22,23)(H,25,26)/t13-,17-/m0/s1. The van der Waals surface area contributed by atoms with Gasteiger partial charge in [0, 0.05) is 6.54 Å². The van der Waals surface area contributed by atoms with Gasteiger partial charge in [0.2, 0.25) is 5.91 Å². The minimum atomic E-state index is -0.986. The van der Waals surface area contributed by atoms with Gasteiger partial charge in [-0.25, -0.2) is 0 Å². The number of amides is 2. The van der Waals surface area contributed by atoms with Crippen LogP contribution in [0.15, 0.2) is 24.3 Å². The smallest absolute Gasteiger partial charge is 0.320 e. The molecule has 1 aromatic carbocycles. The predicted octanol–water partition coefficient (Wildman–Crippen LogP) is 2.10. The first-order chi connectivity index (χ1) is 12.3. The molecule has 0 radical (unpaired) electrons. The molecule has 0 aliphatic rings. The number of carboxylic acids is 1. The number of aliphatic carboxylic acids is 1. The monoisotopic (exact) mass is 363 g/mol. The Labute approximate surface area is 154 Å². The summed E-state index contributed by atoms with van der Waals surface area (Å²) in [5, 5.41) is 17.5. The minimum absolute atomic E-state index is 0.102. The first-order valence-electron chi connectivity index (χ1n) is 8.89. The van der Waals surface area contributed by atoms with E-state index in [9.17, 15) is 19.5 Å². The molecular weight excluding hydrogens is 334 g/mol. The molecule has 0 bridgehead atoms. The van der Waals surface area contributed by atoms with Crippen molar-refractivity contribution >= 4 is 23.5 Å². The molecule has 7 heteroatoms. The van der Waals surface area contributed by atoms with Gasteiger partial charge in [0.15, 0.2) is 0 Å². The summed E-state index contributed by atoms with van der Waals surface area (Å²) in [5.41, 5.74) is 0.772. The van der Waals surface area contributed by atoms with Crippen molar-refractivity contribution < 1.29 is 19.5 Å². The molecule has 1 aromatic rings. The minimum Gasteiger partial charge on any atom is -0.480 e. The highest BCUT2D eigenvalue weighted by molar-refractivity contribution is 6.04. The Bertz CT molecular complexity index is 631. The lowest BCUT2D eigenvalue weighted by Crippen LogP contribution is -2.45. The van der Waals surface area contributed by atoms with Crippen LogP contribution >= 0.6 is 0 Å². The molecular formula is C19H29N3O4. The van der Waals surface area contributed by atoms with Crippen molar-refractivity contribution in [2.75, 3.05) is 18.4 Å². The summed E-state index contributed by atoms with van der Waals surface area (Å²) in [4.78, 5) is 35.8. The van der Waals surface area contributed by atoms with Crippen LogP contribution in [0, 0.1) is 11.8 Å². The number of anilines is 1. The molecule has 0 aromatic heterocycles. The van der Waals surface area contributed by atoms with Crippen LogP contribution in [0.5, 0.6) is 0 Å². The molecule has 0 saturated heterocycles. The third-order valence-electron chi connectivity index (χ3n) is 4.08. The van der Waals surface area contributed by atoms with Crippen LogP contribution in [-0.2, 0) is 9.59 Å². The summed E-state index contributed by atoms with van der Waals surface area (Å²) in [6.07, 6.45) is 0.685. The number of para-hydroxylation sites is 1. The molecule has 1 rings (SSSR count). The Morgan fingerprint density at radius 2 is 1.77 bits per heavy atom. The van der Waals surface area contributed by atoms with Crippen LogP contribution in [0.3, 0.4) is 0 Å². The molecule has 0 heterocycles. The summed E-state index contributed by atoms with van der Waals surface area (Å²) in [6.45, 7) is 8.10. The summed E-state index contributed by atoms with van der Waals surface area (Å²) < 4.78 is 0. The molecule has 2 amide bonds. The fraction of sp³-hybridized carbons (Fsp3) is 0.526. The van der Waals surface area contributed by atoms with E-state index in [0.29, 0.717) is 30.1 Å². The van der Waals surface area contributed by atoms with Gasteiger partial charge in [0.1, 0.15) is 6.04 Å². The molecule has 0 saturated carbocycles. The van der Waals surface area contributed by atoms with Crippen LogP contribution in [0.1, 0.15) is 44.5 Å². The van der Waals surface area contributed by atoms with Crippen LogP contribution in [0.2, 0.25) is 0 Å². The molecule has 2 atom stereocenters. The third-order valence-corrected chi connectivity index (χ3v) is 4.08. The van der Waals surface area contributed by atoms with Crippen molar-refractivity contribution in [3.05, 3.63) is 29.8 Å². The average Bonchev–Trinajstić information content (AvgIpc) is 2.59. The second-order valence-electron chi connectivity index (χ2n) is 6.78. The summed E-state index contributed by atoms with van der Waals surface area (Å²) in [5.74, 6) is -1.43. The number of hydrogen-bond donors (Lipinski definition) is 4. The van der Waals surface area contributed by atoms with E-state index >= 15 is 0 Å². The van der Waals surface area contributed by atoms with Gasteiger partial charge in [-0.3, -0.25) is 19.7 Å². The number of carboxylic acid groups (broad SMARTS) is 1. The van der Waals surface area contributed by atoms with Gasteiger partial charge in [-0.05, 0) is 24.0 Å². The number of hydrogen-bond acceptors (Lipinski definition) is 4. The van der Waals surface area contributed by atoms with Gasteiger partial charge in [0.05, 0.1) is 17.8 Å². The van der Waals surface area contributed by atoms with E-state index in [0.717, 1.165) is 0 Å². The largest absolute Gasteiger partial charge is 0.480 e. The summed E-state index contributed by atoms with van der Waals surface area (Å²) in [6, 6.07) is 5.93. The first-order valence-corrected chi connectivity index (χ1v) is 8.89. The van der Waals surface area contributed by atoms with E-state index in [2.05, 4.69) is 16.0 Å². The molecule has 144 valence electrons. The quantitative estimate of drug-likeness (QED) is 0.509. The Kier molecular flexibility index (Phi) is 8.78. The van der Waals surface area contributed by atoms with E-state index in [1.165, 1.54) is 0 Å². The van der Waals surface area contributed by atoms with Gasteiger partial charge in [-0.2, -0.15) is 0 Å². The predicted molar refractivity (Wildman–Crippen MR) is 101 cm³/mol. The summed E-state index contributed by atoms with van der Waals surface area (Å²) >= 11 is 0. The van der Waals surface area contributed by atoms with E-state index < -0.39 is 17.9 Å². The Hall–Kier alpha value is -2.41. The molecule has 0 aliphatic heterocycles. The highest BCUT2D eigenvalue weighted by atomic mass is 16.4. The second-order valence-corrected chi connectivity index (χ2v) is 6.78. The maximum atomic E-state index is 12.3. The number of carbonyl (C=O) groups is 3. The van der Waals surface area contributed by atoms with Crippen LogP contribution < -0.4 is 16.0 Å². The van der Waals surface area contributed by atoms with Crippen molar-refractivity contribution in [2.24, 2.45) is 11.8 Å². The Balaban J connectivity index is 2.72. The third kappa shape index (κ3) is 6.84. The fourth-order valence-corrected chi connectivity index (χ4v) is 2.35. The molecule has 7 nitrogen and oxygen atoms in total. The van der Waals surface area contributed by atoms with Crippen molar-refractivity contribution in [1.82, 2.24) is 10.6 Å². The van der Waals surface area contributed by atoms with Crippen LogP contribution in [0.4, 0.5) is 5.69 Å². The molecule has 26 heavy (non-hydrogen) atoms. The lowest BCUT2D eigenvalue weighted by Gasteiger charge is -2.20. The first kappa shape index (κ1) is 21.6. The number of benzene rings is 1.